The van der Waals surface area contributed by atoms with E-state index in [2.05, 4.69) is 30.5 Å². The zero-order valence-corrected chi connectivity index (χ0v) is 19.9. The number of carbonyl (C=O) groups excluding carboxylic acids is 1. The average molecular weight is 521 g/mol. The molecule has 36 heavy (non-hydrogen) atoms. The van der Waals surface area contributed by atoms with Crippen molar-refractivity contribution in [2.24, 2.45) is 0 Å². The number of carbonyl (C=O) groups is 1. The van der Waals surface area contributed by atoms with E-state index in [1.54, 1.807) is 0 Å². The zero-order chi connectivity index (χ0) is 25.5. The summed E-state index contributed by atoms with van der Waals surface area (Å²) >= 11 is 5.83. The van der Waals surface area contributed by atoms with E-state index >= 15 is 0 Å². The first-order valence-electron chi connectivity index (χ1n) is 11.3. The number of pyridine rings is 1. The van der Waals surface area contributed by atoms with Crippen molar-refractivity contribution >= 4 is 45.7 Å². The van der Waals surface area contributed by atoms with Gasteiger partial charge < -0.3 is 15.4 Å². The second-order valence-corrected chi connectivity index (χ2v) is 8.61. The summed E-state index contributed by atoms with van der Waals surface area (Å²) in [4.78, 5) is 26.8. The maximum absolute atomic E-state index is 14.2. The number of hydrogen-bond donors (Lipinski definition) is 2. The van der Waals surface area contributed by atoms with Crippen LogP contribution in [0.2, 0.25) is 5.02 Å². The fraction of sp³-hybridized carbons (Fsp3) is 0.333. The molecule has 0 saturated carbocycles. The fourth-order valence-corrected chi connectivity index (χ4v) is 3.83. The van der Waals surface area contributed by atoms with Gasteiger partial charge in [-0.3, -0.25) is 9.69 Å². The molecule has 3 heterocycles. The molecule has 0 unspecified atom stereocenters. The normalized spacial score (nSPS) is 14.9. The van der Waals surface area contributed by atoms with Crippen molar-refractivity contribution in [1.82, 2.24) is 19.9 Å². The van der Waals surface area contributed by atoms with Crippen LogP contribution >= 0.6 is 11.6 Å². The lowest BCUT2D eigenvalue weighted by molar-refractivity contribution is -0.112. The molecule has 1 fully saturated rings. The van der Waals surface area contributed by atoms with Crippen LogP contribution in [0.3, 0.4) is 0 Å². The molecule has 0 spiro atoms. The van der Waals surface area contributed by atoms with Crippen molar-refractivity contribution in [1.29, 1.82) is 0 Å². The number of halogens is 4. The first-order chi connectivity index (χ1) is 17.3. The monoisotopic (exact) mass is 520 g/mol. The summed E-state index contributed by atoms with van der Waals surface area (Å²) in [5.74, 6) is -3.92. The number of fused-ring (bicyclic) bond motifs is 1. The SMILES string of the molecule is O=C(/C=C/C(F)(F)CCCN1CCOCC1)Nc1cc2c(Nc3ccc(F)c(Cl)c3)ncnc2cn1. The number of rotatable bonds is 9. The van der Waals surface area contributed by atoms with E-state index in [0.717, 1.165) is 19.2 Å². The van der Waals surface area contributed by atoms with E-state index in [0.29, 0.717) is 54.7 Å². The molecule has 190 valence electrons. The lowest BCUT2D eigenvalue weighted by Gasteiger charge is -2.26. The Labute approximate surface area is 210 Å². The average Bonchev–Trinajstić information content (AvgIpc) is 2.86. The van der Waals surface area contributed by atoms with Crippen molar-refractivity contribution in [3.63, 3.8) is 0 Å². The van der Waals surface area contributed by atoms with Crippen molar-refractivity contribution in [3.05, 3.63) is 59.8 Å². The number of morpholine rings is 1. The summed E-state index contributed by atoms with van der Waals surface area (Å²) in [5, 5.41) is 5.94. The number of alkyl halides is 2. The van der Waals surface area contributed by atoms with Crippen LogP contribution in [-0.4, -0.2) is 64.5 Å². The molecule has 1 aliphatic heterocycles. The Hall–Kier alpha value is -3.28. The molecule has 8 nitrogen and oxygen atoms in total. The lowest BCUT2D eigenvalue weighted by Crippen LogP contribution is -2.37. The Morgan fingerprint density at radius 1 is 1.19 bits per heavy atom. The molecule has 0 radical (unpaired) electrons. The van der Waals surface area contributed by atoms with E-state index < -0.39 is 17.6 Å². The lowest BCUT2D eigenvalue weighted by atomic mass is 10.1. The number of allylic oxidation sites excluding steroid dienone is 1. The van der Waals surface area contributed by atoms with Crippen molar-refractivity contribution in [2.45, 2.75) is 18.8 Å². The van der Waals surface area contributed by atoms with Crippen LogP contribution < -0.4 is 10.6 Å². The number of hydrogen-bond acceptors (Lipinski definition) is 7. The number of anilines is 3. The Morgan fingerprint density at radius 3 is 2.78 bits per heavy atom. The van der Waals surface area contributed by atoms with E-state index in [1.165, 1.54) is 36.8 Å². The molecule has 3 aromatic rings. The molecular formula is C24H24ClF3N6O2. The standard InChI is InChI=1S/C24H24ClF3N6O2/c25-18-12-16(2-3-19(18)26)32-23-17-13-21(29-14-20(17)30-15-31-23)33-22(35)4-6-24(27,28)5-1-7-34-8-10-36-11-9-34/h2-4,6,12-15H,1,5,7-11H2,(H,29,33,35)(H,30,31,32)/b6-4+. The van der Waals surface area contributed by atoms with Gasteiger partial charge in [0.1, 0.15) is 23.8 Å². The highest BCUT2D eigenvalue weighted by Gasteiger charge is 2.25. The predicted octanol–water partition coefficient (Wildman–Crippen LogP) is 4.80. The summed E-state index contributed by atoms with van der Waals surface area (Å²) < 4.78 is 47.1. The van der Waals surface area contributed by atoms with Gasteiger partial charge in [0.15, 0.2) is 0 Å². The first kappa shape index (κ1) is 25.8. The highest BCUT2D eigenvalue weighted by atomic mass is 35.5. The Morgan fingerprint density at radius 2 is 2.00 bits per heavy atom. The van der Waals surface area contributed by atoms with Crippen LogP contribution in [0, 0.1) is 5.82 Å². The van der Waals surface area contributed by atoms with Crippen LogP contribution in [-0.2, 0) is 9.53 Å². The third kappa shape index (κ3) is 7.12. The van der Waals surface area contributed by atoms with Gasteiger partial charge in [0.05, 0.1) is 29.9 Å². The molecular weight excluding hydrogens is 497 g/mol. The maximum Gasteiger partial charge on any atom is 0.267 e. The van der Waals surface area contributed by atoms with Gasteiger partial charge in [-0.1, -0.05) is 11.6 Å². The van der Waals surface area contributed by atoms with E-state index in [9.17, 15) is 18.0 Å². The number of nitrogens with one attached hydrogen (secondary N) is 2. The van der Waals surface area contributed by atoms with Crippen LogP contribution in [0.15, 0.2) is 48.9 Å². The minimum atomic E-state index is -3.11. The fourth-order valence-electron chi connectivity index (χ4n) is 3.65. The number of aromatic nitrogens is 3. The van der Waals surface area contributed by atoms with Crippen molar-refractivity contribution in [3.8, 4) is 0 Å². The minimum absolute atomic E-state index is 0.0577. The molecule has 4 rings (SSSR count). The smallest absolute Gasteiger partial charge is 0.267 e. The van der Waals surface area contributed by atoms with Crippen LogP contribution in [0.25, 0.3) is 10.9 Å². The summed E-state index contributed by atoms with van der Waals surface area (Å²) in [6, 6.07) is 5.62. The van der Waals surface area contributed by atoms with Crippen LogP contribution in [0.1, 0.15) is 12.8 Å². The van der Waals surface area contributed by atoms with E-state index in [1.807, 2.05) is 0 Å². The molecule has 1 amide bonds. The van der Waals surface area contributed by atoms with Gasteiger partial charge in [0, 0.05) is 36.7 Å². The van der Waals surface area contributed by atoms with Gasteiger partial charge in [-0.15, -0.1) is 0 Å². The van der Waals surface area contributed by atoms with E-state index in [4.69, 9.17) is 16.3 Å². The number of nitrogens with zero attached hydrogens (tertiary/aromatic N) is 4. The molecule has 0 atom stereocenters. The molecule has 12 heteroatoms. The molecule has 1 aromatic carbocycles. The minimum Gasteiger partial charge on any atom is -0.379 e. The molecule has 2 aromatic heterocycles. The number of ether oxygens (including phenoxy) is 1. The summed E-state index contributed by atoms with van der Waals surface area (Å²) in [6.07, 6.45) is 4.10. The van der Waals surface area contributed by atoms with Gasteiger partial charge in [-0.05, 0) is 43.3 Å². The molecule has 0 aliphatic carbocycles. The van der Waals surface area contributed by atoms with Crippen LogP contribution in [0.5, 0.6) is 0 Å². The summed E-state index contributed by atoms with van der Waals surface area (Å²) in [5.41, 5.74) is 0.962. The van der Waals surface area contributed by atoms with Crippen LogP contribution in [0.4, 0.5) is 30.5 Å². The van der Waals surface area contributed by atoms with Gasteiger partial charge in [-0.25, -0.2) is 28.1 Å². The summed E-state index contributed by atoms with van der Waals surface area (Å²) in [7, 11) is 0. The third-order valence-corrected chi connectivity index (χ3v) is 5.81. The topological polar surface area (TPSA) is 92.3 Å². The Kier molecular flexibility index (Phi) is 8.34. The Bertz CT molecular complexity index is 1250. The molecule has 1 saturated heterocycles. The molecule has 0 bridgehead atoms. The largest absolute Gasteiger partial charge is 0.379 e. The second-order valence-electron chi connectivity index (χ2n) is 8.20. The first-order valence-corrected chi connectivity index (χ1v) is 11.7. The van der Waals surface area contributed by atoms with Gasteiger partial charge >= 0.3 is 0 Å². The molecule has 2 N–H and O–H groups in total. The number of amides is 1. The number of benzene rings is 1. The van der Waals surface area contributed by atoms with Gasteiger partial charge in [0.25, 0.3) is 5.92 Å². The van der Waals surface area contributed by atoms with E-state index in [-0.39, 0.29) is 17.3 Å². The van der Waals surface area contributed by atoms with Gasteiger partial charge in [0.2, 0.25) is 5.91 Å². The highest BCUT2D eigenvalue weighted by Crippen LogP contribution is 2.27. The maximum atomic E-state index is 14.2. The highest BCUT2D eigenvalue weighted by molar-refractivity contribution is 6.31. The van der Waals surface area contributed by atoms with Crippen molar-refractivity contribution in [2.75, 3.05) is 43.5 Å². The zero-order valence-electron chi connectivity index (χ0n) is 19.2. The Balaban J connectivity index is 1.38. The second kappa shape index (κ2) is 11.6. The van der Waals surface area contributed by atoms with Crippen molar-refractivity contribution < 1.29 is 22.7 Å². The summed E-state index contributed by atoms with van der Waals surface area (Å²) in [6.45, 7) is 3.26. The quantitative estimate of drug-likeness (QED) is 0.391. The molecule has 1 aliphatic rings. The third-order valence-electron chi connectivity index (χ3n) is 5.52. The van der Waals surface area contributed by atoms with Gasteiger partial charge in [-0.2, -0.15) is 0 Å². The predicted molar refractivity (Wildman–Crippen MR) is 131 cm³/mol.